The van der Waals surface area contributed by atoms with Gasteiger partial charge in [0.15, 0.2) is 5.13 Å². The third-order valence-corrected chi connectivity index (χ3v) is 5.77. The minimum absolute atomic E-state index is 0.213. The van der Waals surface area contributed by atoms with Crippen LogP contribution in [0.5, 0.6) is 0 Å². The largest absolute Gasteiger partial charge is 0.353 e. The number of anilines is 1. The molecule has 1 saturated carbocycles. The average Bonchev–Trinajstić information content (AvgIpc) is 3.11. The number of thiazole rings is 1. The number of nitrogens with zero attached hydrogens (tertiary/aromatic N) is 2. The van der Waals surface area contributed by atoms with Crippen LogP contribution in [0.4, 0.5) is 5.13 Å². The molecular formula is C17H28N4OS. The van der Waals surface area contributed by atoms with E-state index in [9.17, 15) is 4.79 Å². The smallest absolute Gasteiger partial charge is 0.221 e. The summed E-state index contributed by atoms with van der Waals surface area (Å²) in [6.07, 6.45) is 10.9. The average molecular weight is 337 g/mol. The molecule has 0 atom stereocenters. The lowest BCUT2D eigenvalue weighted by molar-refractivity contribution is -0.121. The van der Waals surface area contributed by atoms with Gasteiger partial charge in [0.2, 0.25) is 5.91 Å². The predicted molar refractivity (Wildman–Crippen MR) is 95.0 cm³/mol. The number of aromatic nitrogens is 1. The molecule has 0 radical (unpaired) electrons. The van der Waals surface area contributed by atoms with Crippen molar-refractivity contribution in [1.82, 2.24) is 15.6 Å². The minimum atomic E-state index is 0.213. The van der Waals surface area contributed by atoms with Crippen LogP contribution in [0.2, 0.25) is 0 Å². The highest BCUT2D eigenvalue weighted by atomic mass is 32.1. The fraction of sp³-hybridized carbons (Fsp3) is 0.765. The number of carbonyl (C=O) groups excluding carboxylic acids is 1. The molecule has 2 heterocycles. The second-order valence-electron chi connectivity index (χ2n) is 6.68. The van der Waals surface area contributed by atoms with Crippen LogP contribution in [-0.4, -0.2) is 42.6 Å². The molecule has 2 aliphatic rings. The number of rotatable bonds is 6. The third kappa shape index (κ3) is 5.18. The van der Waals surface area contributed by atoms with Gasteiger partial charge in [-0.15, -0.1) is 11.3 Å². The molecule has 6 heteroatoms. The van der Waals surface area contributed by atoms with Gasteiger partial charge in [-0.1, -0.05) is 19.3 Å². The van der Waals surface area contributed by atoms with Gasteiger partial charge in [-0.05, 0) is 25.7 Å². The lowest BCUT2D eigenvalue weighted by Gasteiger charge is -2.32. The van der Waals surface area contributed by atoms with Crippen LogP contribution in [0.25, 0.3) is 0 Å². The van der Waals surface area contributed by atoms with E-state index >= 15 is 0 Å². The first-order valence-corrected chi connectivity index (χ1v) is 9.86. The van der Waals surface area contributed by atoms with E-state index in [1.54, 1.807) is 11.3 Å². The molecule has 2 fully saturated rings. The highest BCUT2D eigenvalue weighted by Crippen LogP contribution is 2.22. The van der Waals surface area contributed by atoms with Gasteiger partial charge in [-0.2, -0.15) is 0 Å². The summed E-state index contributed by atoms with van der Waals surface area (Å²) < 4.78 is 0. The second-order valence-corrected chi connectivity index (χ2v) is 7.56. The molecule has 0 spiro atoms. The lowest BCUT2D eigenvalue weighted by Crippen LogP contribution is -2.44. The number of piperidine rings is 1. The zero-order chi connectivity index (χ0) is 15.9. The predicted octanol–water partition coefficient (Wildman–Crippen LogP) is 2.54. The lowest BCUT2D eigenvalue weighted by atomic mass is 9.95. The number of carbonyl (C=O) groups is 1. The molecule has 1 amide bonds. The number of nitrogens with one attached hydrogen (secondary N) is 2. The van der Waals surface area contributed by atoms with E-state index in [-0.39, 0.29) is 5.91 Å². The summed E-state index contributed by atoms with van der Waals surface area (Å²) in [5.74, 6) is 0.213. The molecule has 1 aromatic rings. The van der Waals surface area contributed by atoms with Crippen LogP contribution >= 0.6 is 11.3 Å². The molecule has 0 bridgehead atoms. The quantitative estimate of drug-likeness (QED) is 0.838. The minimum Gasteiger partial charge on any atom is -0.353 e. The van der Waals surface area contributed by atoms with Gasteiger partial charge in [-0.3, -0.25) is 4.79 Å². The molecule has 23 heavy (non-hydrogen) atoms. The Morgan fingerprint density at radius 1 is 1.17 bits per heavy atom. The first-order chi connectivity index (χ1) is 11.3. The SMILES string of the molecule is O=C(CCNC1CCN(c2nccs2)CC1)NC1CCCCC1. The fourth-order valence-electron chi connectivity index (χ4n) is 3.58. The van der Waals surface area contributed by atoms with Crippen molar-refractivity contribution in [3.63, 3.8) is 0 Å². The van der Waals surface area contributed by atoms with Gasteiger partial charge in [0.25, 0.3) is 0 Å². The van der Waals surface area contributed by atoms with Crippen molar-refractivity contribution in [2.45, 2.75) is 63.5 Å². The molecule has 3 rings (SSSR count). The first kappa shape index (κ1) is 16.7. The van der Waals surface area contributed by atoms with E-state index in [1.165, 1.54) is 19.3 Å². The van der Waals surface area contributed by atoms with Crippen molar-refractivity contribution in [3.05, 3.63) is 11.6 Å². The summed E-state index contributed by atoms with van der Waals surface area (Å²) in [7, 11) is 0. The maximum atomic E-state index is 12.0. The van der Waals surface area contributed by atoms with Crippen molar-refractivity contribution in [2.75, 3.05) is 24.5 Å². The maximum absolute atomic E-state index is 12.0. The molecule has 1 saturated heterocycles. The van der Waals surface area contributed by atoms with Crippen LogP contribution in [0.3, 0.4) is 0 Å². The van der Waals surface area contributed by atoms with E-state index < -0.39 is 0 Å². The first-order valence-electron chi connectivity index (χ1n) is 8.98. The second kappa shape index (κ2) is 8.64. The molecule has 2 N–H and O–H groups in total. The van der Waals surface area contributed by atoms with Gasteiger partial charge >= 0.3 is 0 Å². The van der Waals surface area contributed by atoms with E-state index in [2.05, 4.69) is 20.5 Å². The Morgan fingerprint density at radius 3 is 2.65 bits per heavy atom. The molecule has 1 aliphatic heterocycles. The molecule has 1 aliphatic carbocycles. The molecule has 0 aromatic carbocycles. The summed E-state index contributed by atoms with van der Waals surface area (Å²) in [6, 6.07) is 0.964. The molecular weight excluding hydrogens is 308 g/mol. The van der Waals surface area contributed by atoms with Gasteiger partial charge in [0.1, 0.15) is 0 Å². The Kier molecular flexibility index (Phi) is 6.28. The summed E-state index contributed by atoms with van der Waals surface area (Å²) in [4.78, 5) is 18.7. The number of hydrogen-bond acceptors (Lipinski definition) is 5. The highest BCUT2D eigenvalue weighted by molar-refractivity contribution is 7.13. The van der Waals surface area contributed by atoms with Crippen LogP contribution in [0.15, 0.2) is 11.6 Å². The van der Waals surface area contributed by atoms with E-state index in [0.717, 1.165) is 50.4 Å². The van der Waals surface area contributed by atoms with Crippen LogP contribution < -0.4 is 15.5 Å². The Bertz CT molecular complexity index is 465. The standard InChI is InChI=1S/C17H28N4OS/c22-16(20-15-4-2-1-3-5-15)6-9-18-14-7-11-21(12-8-14)17-19-10-13-23-17/h10,13-15,18H,1-9,11-12H2,(H,20,22). The van der Waals surface area contributed by atoms with Gasteiger partial charge in [0, 0.05) is 49.7 Å². The van der Waals surface area contributed by atoms with E-state index in [4.69, 9.17) is 0 Å². The van der Waals surface area contributed by atoms with Crippen LogP contribution in [-0.2, 0) is 4.79 Å². The topological polar surface area (TPSA) is 57.3 Å². The van der Waals surface area contributed by atoms with Gasteiger partial charge in [0.05, 0.1) is 0 Å². The van der Waals surface area contributed by atoms with E-state index in [1.807, 2.05) is 11.6 Å². The summed E-state index contributed by atoms with van der Waals surface area (Å²) in [5, 5.41) is 9.91. The van der Waals surface area contributed by atoms with Crippen molar-refractivity contribution in [3.8, 4) is 0 Å². The van der Waals surface area contributed by atoms with Crippen molar-refractivity contribution in [2.24, 2.45) is 0 Å². The zero-order valence-electron chi connectivity index (χ0n) is 13.8. The zero-order valence-corrected chi connectivity index (χ0v) is 14.6. The molecule has 128 valence electrons. The number of amides is 1. The van der Waals surface area contributed by atoms with E-state index in [0.29, 0.717) is 18.5 Å². The third-order valence-electron chi connectivity index (χ3n) is 4.94. The summed E-state index contributed by atoms with van der Waals surface area (Å²) in [5.41, 5.74) is 0. The summed E-state index contributed by atoms with van der Waals surface area (Å²) >= 11 is 1.71. The normalized spacial score (nSPS) is 20.6. The van der Waals surface area contributed by atoms with Crippen LogP contribution in [0.1, 0.15) is 51.4 Å². The Balaban J connectivity index is 1.28. The fourth-order valence-corrected chi connectivity index (χ4v) is 4.28. The number of hydrogen-bond donors (Lipinski definition) is 2. The molecule has 1 aromatic heterocycles. The van der Waals surface area contributed by atoms with Crippen molar-refractivity contribution >= 4 is 22.4 Å². The maximum Gasteiger partial charge on any atom is 0.221 e. The Hall–Kier alpha value is -1.14. The van der Waals surface area contributed by atoms with Crippen LogP contribution in [0, 0.1) is 0 Å². The highest BCUT2D eigenvalue weighted by Gasteiger charge is 2.20. The molecule has 5 nitrogen and oxygen atoms in total. The monoisotopic (exact) mass is 336 g/mol. The summed E-state index contributed by atoms with van der Waals surface area (Å²) in [6.45, 7) is 2.90. The van der Waals surface area contributed by atoms with Gasteiger partial charge < -0.3 is 15.5 Å². The molecule has 0 unspecified atom stereocenters. The Morgan fingerprint density at radius 2 is 1.96 bits per heavy atom. The van der Waals surface area contributed by atoms with Gasteiger partial charge in [-0.25, -0.2) is 4.98 Å². The van der Waals surface area contributed by atoms with Crippen molar-refractivity contribution < 1.29 is 4.79 Å². The van der Waals surface area contributed by atoms with Crippen molar-refractivity contribution in [1.29, 1.82) is 0 Å². The Labute approximate surface area is 142 Å².